The molecular formula is C21H16N4O3S. The van der Waals surface area contributed by atoms with Gasteiger partial charge in [0.2, 0.25) is 5.13 Å². The molecule has 29 heavy (non-hydrogen) atoms. The zero-order valence-electron chi connectivity index (χ0n) is 15.2. The van der Waals surface area contributed by atoms with Gasteiger partial charge in [-0.15, -0.1) is 0 Å². The maximum absolute atomic E-state index is 10.7. The summed E-state index contributed by atoms with van der Waals surface area (Å²) in [5.41, 5.74) is 5.69. The third-order valence-electron chi connectivity index (χ3n) is 4.08. The van der Waals surface area contributed by atoms with Crippen molar-refractivity contribution in [2.24, 2.45) is 5.10 Å². The second kappa shape index (κ2) is 8.49. The molecule has 4 rings (SSSR count). The Morgan fingerprint density at radius 3 is 2.72 bits per heavy atom. The fourth-order valence-electron chi connectivity index (χ4n) is 2.65. The van der Waals surface area contributed by atoms with Gasteiger partial charge in [-0.25, -0.2) is 4.98 Å². The summed E-state index contributed by atoms with van der Waals surface area (Å²) in [4.78, 5) is 14.8. The van der Waals surface area contributed by atoms with Crippen LogP contribution in [0.4, 0.5) is 10.8 Å². The summed E-state index contributed by atoms with van der Waals surface area (Å²) in [7, 11) is 0. The van der Waals surface area contributed by atoms with Crippen LogP contribution >= 0.6 is 11.3 Å². The van der Waals surface area contributed by atoms with Crippen molar-refractivity contribution >= 4 is 38.6 Å². The number of non-ortho nitro benzene ring substituents is 1. The highest BCUT2D eigenvalue weighted by Crippen LogP contribution is 2.25. The van der Waals surface area contributed by atoms with Crippen LogP contribution in [0.1, 0.15) is 11.1 Å². The molecule has 0 aliphatic heterocycles. The third-order valence-corrected chi connectivity index (χ3v) is 5.02. The molecule has 0 fully saturated rings. The number of fused-ring (bicyclic) bond motifs is 1. The lowest BCUT2D eigenvalue weighted by Crippen LogP contribution is -1.97. The SMILES string of the molecule is O=[N+]([O-])c1ccc(COc2cccc(/C=N/Nc3nc4ccccc4s3)c2)cc1. The molecule has 0 amide bonds. The van der Waals surface area contributed by atoms with E-state index in [0.29, 0.717) is 12.4 Å². The number of hydrazone groups is 1. The third kappa shape index (κ3) is 4.74. The minimum atomic E-state index is -0.421. The highest BCUT2D eigenvalue weighted by molar-refractivity contribution is 7.22. The maximum atomic E-state index is 10.7. The molecule has 0 radical (unpaired) electrons. The molecule has 0 aliphatic carbocycles. The van der Waals surface area contributed by atoms with Crippen LogP contribution in [0.25, 0.3) is 10.2 Å². The lowest BCUT2D eigenvalue weighted by molar-refractivity contribution is -0.384. The second-order valence-corrected chi connectivity index (χ2v) is 7.17. The number of hydrogen-bond acceptors (Lipinski definition) is 7. The molecule has 0 saturated heterocycles. The lowest BCUT2D eigenvalue weighted by atomic mass is 10.2. The van der Waals surface area contributed by atoms with Crippen LogP contribution in [0.5, 0.6) is 5.75 Å². The number of rotatable bonds is 7. The van der Waals surface area contributed by atoms with E-state index in [4.69, 9.17) is 4.74 Å². The van der Waals surface area contributed by atoms with Gasteiger partial charge in [-0.05, 0) is 47.5 Å². The summed E-state index contributed by atoms with van der Waals surface area (Å²) in [6, 6.07) is 21.7. The number of hydrogen-bond donors (Lipinski definition) is 1. The molecular weight excluding hydrogens is 388 g/mol. The van der Waals surface area contributed by atoms with Crippen LogP contribution in [-0.4, -0.2) is 16.1 Å². The first-order valence-electron chi connectivity index (χ1n) is 8.78. The lowest BCUT2D eigenvalue weighted by Gasteiger charge is -2.06. The molecule has 4 aromatic rings. The van der Waals surface area contributed by atoms with E-state index < -0.39 is 4.92 Å². The summed E-state index contributed by atoms with van der Waals surface area (Å²) in [5.74, 6) is 0.687. The van der Waals surface area contributed by atoms with E-state index in [1.165, 1.54) is 12.1 Å². The van der Waals surface area contributed by atoms with Gasteiger partial charge in [0.05, 0.1) is 21.4 Å². The number of aromatic nitrogens is 1. The maximum Gasteiger partial charge on any atom is 0.269 e. The molecule has 0 spiro atoms. The molecule has 8 heteroatoms. The fraction of sp³-hybridized carbons (Fsp3) is 0.0476. The van der Waals surface area contributed by atoms with Gasteiger partial charge in [0.25, 0.3) is 5.69 Å². The first-order chi connectivity index (χ1) is 14.2. The van der Waals surface area contributed by atoms with Crippen molar-refractivity contribution in [3.63, 3.8) is 0 Å². The van der Waals surface area contributed by atoms with Crippen molar-refractivity contribution < 1.29 is 9.66 Å². The van der Waals surface area contributed by atoms with Crippen molar-refractivity contribution in [2.75, 3.05) is 5.43 Å². The molecule has 0 saturated carbocycles. The molecule has 144 valence electrons. The molecule has 1 heterocycles. The van der Waals surface area contributed by atoms with Crippen molar-refractivity contribution in [2.45, 2.75) is 6.61 Å². The highest BCUT2D eigenvalue weighted by Gasteiger charge is 2.05. The number of nitro groups is 1. The number of thiazole rings is 1. The first-order valence-corrected chi connectivity index (χ1v) is 9.60. The molecule has 0 aliphatic rings. The van der Waals surface area contributed by atoms with Gasteiger partial charge in [0.15, 0.2) is 0 Å². The van der Waals surface area contributed by atoms with E-state index in [9.17, 15) is 10.1 Å². The summed E-state index contributed by atoms with van der Waals surface area (Å²) in [6.45, 7) is 0.322. The minimum Gasteiger partial charge on any atom is -0.489 e. The number of anilines is 1. The molecule has 1 N–H and O–H groups in total. The van der Waals surface area contributed by atoms with Gasteiger partial charge in [-0.1, -0.05) is 35.6 Å². The average molecular weight is 404 g/mol. The molecule has 1 aromatic heterocycles. The summed E-state index contributed by atoms with van der Waals surface area (Å²) in [6.07, 6.45) is 1.70. The van der Waals surface area contributed by atoms with Gasteiger partial charge < -0.3 is 4.74 Å². The zero-order valence-corrected chi connectivity index (χ0v) is 16.0. The molecule has 3 aromatic carbocycles. The number of benzene rings is 3. The van der Waals surface area contributed by atoms with E-state index in [1.54, 1.807) is 29.7 Å². The van der Waals surface area contributed by atoms with Gasteiger partial charge >= 0.3 is 0 Å². The number of ether oxygens (including phenoxy) is 1. The van der Waals surface area contributed by atoms with Crippen LogP contribution in [0.2, 0.25) is 0 Å². The Hall–Kier alpha value is -3.78. The van der Waals surface area contributed by atoms with Gasteiger partial charge in [-0.2, -0.15) is 5.10 Å². The van der Waals surface area contributed by atoms with Crippen LogP contribution in [0, 0.1) is 10.1 Å². The van der Waals surface area contributed by atoms with Crippen molar-refractivity contribution in [3.8, 4) is 5.75 Å². The fourth-order valence-corrected chi connectivity index (χ4v) is 3.46. The predicted octanol–water partition coefficient (Wildman–Crippen LogP) is 5.23. The average Bonchev–Trinajstić information content (AvgIpc) is 3.16. The standard InChI is InChI=1S/C21H16N4O3S/c26-25(27)17-10-8-15(9-11-17)14-28-18-5-3-4-16(12-18)13-22-24-21-23-19-6-1-2-7-20(19)29-21/h1-13H,14H2,(H,23,24)/b22-13+. The number of para-hydroxylation sites is 1. The Kier molecular flexibility index (Phi) is 5.44. The van der Waals surface area contributed by atoms with E-state index in [0.717, 1.165) is 26.5 Å². The molecule has 0 atom stereocenters. The van der Waals surface area contributed by atoms with Crippen LogP contribution in [-0.2, 0) is 6.61 Å². The Balaban J connectivity index is 1.36. The number of nitrogens with one attached hydrogen (secondary N) is 1. The zero-order chi connectivity index (χ0) is 20.1. The van der Waals surface area contributed by atoms with Gasteiger partial charge in [-0.3, -0.25) is 15.5 Å². The Morgan fingerprint density at radius 1 is 1.10 bits per heavy atom. The van der Waals surface area contributed by atoms with Crippen molar-refractivity contribution in [1.82, 2.24) is 4.98 Å². The first kappa shape index (κ1) is 18.6. The summed E-state index contributed by atoms with van der Waals surface area (Å²) in [5, 5.41) is 15.7. The van der Waals surface area contributed by atoms with Crippen molar-refractivity contribution in [1.29, 1.82) is 0 Å². The predicted molar refractivity (Wildman–Crippen MR) is 115 cm³/mol. The molecule has 0 bridgehead atoms. The van der Waals surface area contributed by atoms with Crippen LogP contribution in [0.3, 0.4) is 0 Å². The highest BCUT2D eigenvalue weighted by atomic mass is 32.1. The van der Waals surface area contributed by atoms with Crippen LogP contribution < -0.4 is 10.2 Å². The molecule has 0 unspecified atom stereocenters. The minimum absolute atomic E-state index is 0.0626. The largest absolute Gasteiger partial charge is 0.489 e. The van der Waals surface area contributed by atoms with E-state index in [2.05, 4.69) is 15.5 Å². The normalized spacial score (nSPS) is 11.0. The Bertz CT molecular complexity index is 1140. The van der Waals surface area contributed by atoms with Crippen LogP contribution in [0.15, 0.2) is 77.9 Å². The quantitative estimate of drug-likeness (QED) is 0.259. The summed E-state index contributed by atoms with van der Waals surface area (Å²) >= 11 is 1.54. The van der Waals surface area contributed by atoms with Crippen molar-refractivity contribution in [3.05, 3.63) is 94.0 Å². The van der Waals surface area contributed by atoms with E-state index in [1.807, 2.05) is 48.5 Å². The van der Waals surface area contributed by atoms with Gasteiger partial charge in [0, 0.05) is 12.1 Å². The monoisotopic (exact) mass is 404 g/mol. The second-order valence-electron chi connectivity index (χ2n) is 6.14. The van der Waals surface area contributed by atoms with E-state index >= 15 is 0 Å². The summed E-state index contributed by atoms with van der Waals surface area (Å²) < 4.78 is 6.88. The Labute approximate surface area is 170 Å². The topological polar surface area (TPSA) is 89.7 Å². The van der Waals surface area contributed by atoms with E-state index in [-0.39, 0.29) is 5.69 Å². The number of nitrogens with zero attached hydrogens (tertiary/aromatic N) is 3. The smallest absolute Gasteiger partial charge is 0.269 e. The van der Waals surface area contributed by atoms with Gasteiger partial charge in [0.1, 0.15) is 12.4 Å². The molecule has 7 nitrogen and oxygen atoms in total. The number of nitro benzene ring substituents is 1. The Morgan fingerprint density at radius 2 is 1.93 bits per heavy atom.